The molecule has 1 aliphatic carbocycles. The summed E-state index contributed by atoms with van der Waals surface area (Å²) in [5.74, 6) is 0.335. The van der Waals surface area contributed by atoms with Crippen molar-refractivity contribution in [1.82, 2.24) is 15.2 Å². The van der Waals surface area contributed by atoms with E-state index >= 15 is 0 Å². The summed E-state index contributed by atoms with van der Waals surface area (Å²) >= 11 is 0. The Hall–Kier alpha value is -3.92. The van der Waals surface area contributed by atoms with Crippen molar-refractivity contribution >= 4 is 22.7 Å². The molecule has 0 aliphatic heterocycles. The zero-order valence-electron chi connectivity index (χ0n) is 15.7. The van der Waals surface area contributed by atoms with E-state index in [1.165, 1.54) is 4.90 Å². The first-order valence-corrected chi connectivity index (χ1v) is 9.39. The Bertz CT molecular complexity index is 1260. The number of H-pyrrole nitrogens is 1. The fourth-order valence-corrected chi connectivity index (χ4v) is 3.34. The molecule has 5 rings (SSSR count). The molecule has 0 bridgehead atoms. The molecular weight excluding hydrogens is 366 g/mol. The number of benzene rings is 2. The molecule has 2 aromatic carbocycles. The van der Waals surface area contributed by atoms with Crippen LogP contribution in [-0.4, -0.2) is 21.1 Å². The maximum atomic E-state index is 12.3. The number of nitrogens with one attached hydrogen (secondary N) is 1. The Kier molecular flexibility index (Phi) is 3.91. The van der Waals surface area contributed by atoms with Gasteiger partial charge < -0.3 is 4.42 Å². The summed E-state index contributed by atoms with van der Waals surface area (Å²) in [6, 6.07) is 13.1. The minimum absolute atomic E-state index is 0.0173. The van der Waals surface area contributed by atoms with Gasteiger partial charge >= 0.3 is 0 Å². The second kappa shape index (κ2) is 6.60. The smallest absolute Gasteiger partial charge is 0.243 e. The molecule has 29 heavy (non-hydrogen) atoms. The highest BCUT2D eigenvalue weighted by atomic mass is 16.3. The van der Waals surface area contributed by atoms with Crippen molar-refractivity contribution in [2.75, 3.05) is 4.90 Å². The monoisotopic (exact) mass is 383 g/mol. The zero-order chi connectivity index (χ0) is 20.0. The second-order valence-corrected chi connectivity index (χ2v) is 7.24. The van der Waals surface area contributed by atoms with Gasteiger partial charge in [0.1, 0.15) is 5.52 Å². The Morgan fingerprint density at radius 3 is 2.76 bits per heavy atom. The summed E-state index contributed by atoms with van der Waals surface area (Å²) in [5.41, 5.74) is 5.55. The number of aromatic amines is 1. The maximum absolute atomic E-state index is 12.3. The molecule has 2 aromatic heterocycles. The normalized spacial score (nSPS) is 13.4. The van der Waals surface area contributed by atoms with Crippen molar-refractivity contribution in [2.24, 2.45) is 5.92 Å². The maximum Gasteiger partial charge on any atom is 0.243 e. The minimum atomic E-state index is -0.135. The number of hydrogen-bond donors (Lipinski definition) is 1. The van der Waals surface area contributed by atoms with E-state index in [9.17, 15) is 10.1 Å². The Balaban J connectivity index is 1.48. The molecule has 0 radical (unpaired) electrons. The highest BCUT2D eigenvalue weighted by molar-refractivity contribution is 5.99. The van der Waals surface area contributed by atoms with E-state index in [2.05, 4.69) is 15.2 Å². The number of nitriles is 1. The zero-order valence-corrected chi connectivity index (χ0v) is 15.7. The van der Waals surface area contributed by atoms with E-state index in [0.29, 0.717) is 11.6 Å². The third-order valence-corrected chi connectivity index (χ3v) is 5.07. The van der Waals surface area contributed by atoms with Gasteiger partial charge in [0.25, 0.3) is 0 Å². The van der Waals surface area contributed by atoms with Crippen LogP contribution in [0.4, 0.5) is 5.69 Å². The molecular formula is C22H17N5O2. The molecule has 0 atom stereocenters. The van der Waals surface area contributed by atoms with Crippen LogP contribution in [0.2, 0.25) is 0 Å². The average Bonchev–Trinajstić information content (AvgIpc) is 3.32. The lowest BCUT2D eigenvalue weighted by Gasteiger charge is -2.13. The molecule has 7 nitrogen and oxygen atoms in total. The lowest BCUT2D eigenvalue weighted by atomic mass is 10.1. The number of rotatable bonds is 4. The van der Waals surface area contributed by atoms with E-state index in [4.69, 9.17) is 4.42 Å². The van der Waals surface area contributed by atoms with Gasteiger partial charge in [0.05, 0.1) is 23.1 Å². The second-order valence-electron chi connectivity index (χ2n) is 7.24. The van der Waals surface area contributed by atoms with Crippen LogP contribution in [0.15, 0.2) is 53.1 Å². The van der Waals surface area contributed by atoms with Gasteiger partial charge in [0.2, 0.25) is 11.8 Å². The molecule has 4 aromatic rings. The van der Waals surface area contributed by atoms with Crippen LogP contribution in [0.1, 0.15) is 18.4 Å². The first-order chi connectivity index (χ1) is 14.1. The fourth-order valence-electron chi connectivity index (χ4n) is 3.34. The number of amides is 1. The highest BCUT2D eigenvalue weighted by Gasteiger charge is 2.34. The largest absolute Gasteiger partial charge is 0.436 e. The number of anilines is 1. The summed E-state index contributed by atoms with van der Waals surface area (Å²) in [6.45, 7) is 2.00. The number of hydrogen-bond acceptors (Lipinski definition) is 5. The van der Waals surface area contributed by atoms with Crippen LogP contribution in [-0.2, 0) is 4.79 Å². The molecule has 142 valence electrons. The Morgan fingerprint density at radius 2 is 2.03 bits per heavy atom. The predicted octanol–water partition coefficient (Wildman–Crippen LogP) is 4.42. The van der Waals surface area contributed by atoms with E-state index in [1.807, 2.05) is 43.4 Å². The molecule has 0 spiro atoms. The Labute approximate surface area is 166 Å². The van der Waals surface area contributed by atoms with Gasteiger partial charge in [0, 0.05) is 11.5 Å². The van der Waals surface area contributed by atoms with E-state index in [-0.39, 0.29) is 11.8 Å². The topological polar surface area (TPSA) is 98.8 Å². The van der Waals surface area contributed by atoms with Crippen LogP contribution >= 0.6 is 0 Å². The first kappa shape index (κ1) is 17.2. The summed E-state index contributed by atoms with van der Waals surface area (Å²) in [6.07, 6.45) is 5.38. The Morgan fingerprint density at radius 1 is 1.24 bits per heavy atom. The summed E-state index contributed by atoms with van der Waals surface area (Å²) < 4.78 is 5.93. The lowest BCUT2D eigenvalue weighted by molar-refractivity contribution is -0.119. The third-order valence-electron chi connectivity index (χ3n) is 5.07. The summed E-state index contributed by atoms with van der Waals surface area (Å²) in [5, 5.41) is 16.5. The number of nitrogens with zero attached hydrogens (tertiary/aromatic N) is 4. The van der Waals surface area contributed by atoms with Crippen LogP contribution in [0.3, 0.4) is 0 Å². The van der Waals surface area contributed by atoms with Crippen molar-refractivity contribution in [1.29, 1.82) is 5.26 Å². The third kappa shape index (κ3) is 3.05. The van der Waals surface area contributed by atoms with Crippen molar-refractivity contribution in [3.63, 3.8) is 0 Å². The van der Waals surface area contributed by atoms with Gasteiger partial charge in [-0.1, -0.05) is 18.2 Å². The van der Waals surface area contributed by atoms with Crippen molar-refractivity contribution in [3.8, 4) is 28.9 Å². The average molecular weight is 383 g/mol. The van der Waals surface area contributed by atoms with Crippen LogP contribution in [0.5, 0.6) is 0 Å². The van der Waals surface area contributed by atoms with Crippen molar-refractivity contribution in [3.05, 3.63) is 54.2 Å². The highest BCUT2D eigenvalue weighted by Crippen LogP contribution is 2.35. The molecule has 2 heterocycles. The van der Waals surface area contributed by atoms with Crippen LogP contribution in [0.25, 0.3) is 33.8 Å². The quantitative estimate of drug-likeness (QED) is 0.415. The molecule has 1 N–H and O–H groups in total. The van der Waals surface area contributed by atoms with Crippen molar-refractivity contribution in [2.45, 2.75) is 19.8 Å². The van der Waals surface area contributed by atoms with E-state index in [0.717, 1.165) is 46.3 Å². The number of aryl methyl sites for hydroxylation is 1. The molecule has 0 saturated heterocycles. The predicted molar refractivity (Wildman–Crippen MR) is 108 cm³/mol. The molecule has 1 fully saturated rings. The van der Waals surface area contributed by atoms with Gasteiger partial charge in [-0.05, 0) is 49.6 Å². The number of fused-ring (bicyclic) bond motifs is 1. The van der Waals surface area contributed by atoms with Crippen molar-refractivity contribution < 1.29 is 9.21 Å². The number of carbonyl (C=O) groups excluding carboxylic acids is 1. The molecule has 1 aliphatic rings. The molecule has 1 saturated carbocycles. The van der Waals surface area contributed by atoms with Gasteiger partial charge in [0.15, 0.2) is 11.8 Å². The van der Waals surface area contributed by atoms with Gasteiger partial charge in [-0.15, -0.1) is 0 Å². The molecule has 1 amide bonds. The van der Waals surface area contributed by atoms with Gasteiger partial charge in [-0.25, -0.2) is 9.88 Å². The standard InChI is InChI=1S/C22H17N5O2/c1-13-2-9-18-19(10-13)29-21(25-18)17-11-24-26-20(17)14-5-7-16(8-6-14)27(12-23)22(28)15-3-4-15/h2,5-11,15H,3-4H2,1H3,(H,24,26). The first-order valence-electron chi connectivity index (χ1n) is 9.39. The SMILES string of the molecule is Cc1ccc2nc(-c3cn[nH]c3-c3ccc(N(C#N)C(=O)C4CC4)cc3)oc2c1. The van der Waals surface area contributed by atoms with E-state index < -0.39 is 0 Å². The number of carbonyl (C=O) groups is 1. The van der Waals surface area contributed by atoms with Crippen LogP contribution < -0.4 is 4.90 Å². The summed E-state index contributed by atoms with van der Waals surface area (Å²) in [4.78, 5) is 18.0. The summed E-state index contributed by atoms with van der Waals surface area (Å²) in [7, 11) is 0. The molecule has 0 unspecified atom stereocenters. The number of aromatic nitrogens is 3. The number of oxazole rings is 1. The van der Waals surface area contributed by atoms with Gasteiger partial charge in [-0.2, -0.15) is 10.4 Å². The molecule has 7 heteroatoms. The van der Waals surface area contributed by atoms with E-state index in [1.54, 1.807) is 18.3 Å². The lowest BCUT2D eigenvalue weighted by Crippen LogP contribution is -2.26. The van der Waals surface area contributed by atoms with Gasteiger partial charge in [-0.3, -0.25) is 9.89 Å². The fraction of sp³-hybridized carbons (Fsp3) is 0.182. The van der Waals surface area contributed by atoms with Crippen LogP contribution in [0, 0.1) is 24.3 Å². The minimum Gasteiger partial charge on any atom is -0.436 e.